The summed E-state index contributed by atoms with van der Waals surface area (Å²) in [6.07, 6.45) is 3.70. The van der Waals surface area contributed by atoms with Crippen molar-refractivity contribution < 1.29 is 4.74 Å². The standard InChI is InChI=1S/C11H17N3O/c1-2-3-8-15-11(13)10(12)9-6-4-5-7-14-9/h4-7H,2-3,8,12-13H2,1H3. The number of aromatic nitrogens is 1. The van der Waals surface area contributed by atoms with Crippen LogP contribution in [0.25, 0.3) is 5.70 Å². The topological polar surface area (TPSA) is 74.2 Å². The van der Waals surface area contributed by atoms with Crippen molar-refractivity contribution >= 4 is 5.70 Å². The van der Waals surface area contributed by atoms with E-state index in [1.54, 1.807) is 12.3 Å². The van der Waals surface area contributed by atoms with Crippen LogP contribution < -0.4 is 11.5 Å². The zero-order valence-electron chi connectivity index (χ0n) is 8.94. The van der Waals surface area contributed by atoms with Gasteiger partial charge in [-0.15, -0.1) is 0 Å². The predicted octanol–water partition coefficient (Wildman–Crippen LogP) is 1.44. The predicted molar refractivity (Wildman–Crippen MR) is 60.4 cm³/mol. The summed E-state index contributed by atoms with van der Waals surface area (Å²) in [5, 5.41) is 0. The van der Waals surface area contributed by atoms with Crippen LogP contribution in [0.2, 0.25) is 0 Å². The number of rotatable bonds is 5. The molecule has 15 heavy (non-hydrogen) atoms. The summed E-state index contributed by atoms with van der Waals surface area (Å²) in [4.78, 5) is 4.09. The first-order valence-electron chi connectivity index (χ1n) is 5.05. The molecule has 4 nitrogen and oxygen atoms in total. The Morgan fingerprint density at radius 1 is 1.40 bits per heavy atom. The fourth-order valence-corrected chi connectivity index (χ4v) is 1.05. The number of hydrogen-bond acceptors (Lipinski definition) is 4. The van der Waals surface area contributed by atoms with Crippen LogP contribution in [-0.4, -0.2) is 11.6 Å². The zero-order valence-corrected chi connectivity index (χ0v) is 8.94. The number of pyridine rings is 1. The molecule has 82 valence electrons. The van der Waals surface area contributed by atoms with Crippen molar-refractivity contribution in [3.05, 3.63) is 36.0 Å². The van der Waals surface area contributed by atoms with Crippen molar-refractivity contribution in [3.8, 4) is 0 Å². The number of unbranched alkanes of at least 4 members (excludes halogenated alkanes) is 1. The van der Waals surface area contributed by atoms with Crippen LogP contribution in [0.15, 0.2) is 30.3 Å². The van der Waals surface area contributed by atoms with Gasteiger partial charge in [-0.2, -0.15) is 0 Å². The van der Waals surface area contributed by atoms with E-state index in [4.69, 9.17) is 16.2 Å². The SMILES string of the molecule is CCCCOC(N)=C(N)c1ccccn1. The first kappa shape index (κ1) is 11.4. The van der Waals surface area contributed by atoms with E-state index in [0.29, 0.717) is 18.0 Å². The highest BCUT2D eigenvalue weighted by Gasteiger charge is 2.03. The maximum atomic E-state index is 5.79. The van der Waals surface area contributed by atoms with Gasteiger partial charge in [-0.05, 0) is 18.6 Å². The molecule has 0 aromatic carbocycles. The van der Waals surface area contributed by atoms with Crippen molar-refractivity contribution in [2.24, 2.45) is 11.5 Å². The summed E-state index contributed by atoms with van der Waals surface area (Å²) >= 11 is 0. The van der Waals surface area contributed by atoms with E-state index in [-0.39, 0.29) is 5.88 Å². The highest BCUT2D eigenvalue weighted by Crippen LogP contribution is 2.08. The average molecular weight is 207 g/mol. The fraction of sp³-hybridized carbons (Fsp3) is 0.364. The van der Waals surface area contributed by atoms with E-state index in [0.717, 1.165) is 12.8 Å². The molecule has 1 rings (SSSR count). The molecule has 4 N–H and O–H groups in total. The van der Waals surface area contributed by atoms with Gasteiger partial charge in [-0.1, -0.05) is 19.4 Å². The third-order valence-electron chi connectivity index (χ3n) is 1.96. The first-order chi connectivity index (χ1) is 7.25. The maximum absolute atomic E-state index is 5.79. The van der Waals surface area contributed by atoms with E-state index in [1.807, 2.05) is 12.1 Å². The highest BCUT2D eigenvalue weighted by molar-refractivity contribution is 5.60. The molecule has 0 saturated heterocycles. The lowest BCUT2D eigenvalue weighted by atomic mass is 10.3. The molecule has 0 aliphatic rings. The molecule has 4 heteroatoms. The van der Waals surface area contributed by atoms with Gasteiger partial charge < -0.3 is 16.2 Å². The minimum atomic E-state index is 0.252. The lowest BCUT2D eigenvalue weighted by molar-refractivity contribution is 0.206. The molecule has 0 unspecified atom stereocenters. The molecule has 0 radical (unpaired) electrons. The Morgan fingerprint density at radius 2 is 2.20 bits per heavy atom. The first-order valence-corrected chi connectivity index (χ1v) is 5.05. The fourth-order valence-electron chi connectivity index (χ4n) is 1.05. The Kier molecular flexibility index (Phi) is 4.47. The summed E-state index contributed by atoms with van der Waals surface area (Å²) in [6, 6.07) is 5.48. The molecule has 1 aromatic rings. The quantitative estimate of drug-likeness (QED) is 0.566. The molecule has 0 aliphatic heterocycles. The molecule has 0 spiro atoms. The highest BCUT2D eigenvalue weighted by atomic mass is 16.5. The third kappa shape index (κ3) is 3.50. The lowest BCUT2D eigenvalue weighted by Gasteiger charge is -2.08. The van der Waals surface area contributed by atoms with Gasteiger partial charge in [0.1, 0.15) is 5.70 Å². The normalized spacial score (nSPS) is 12.1. The molecule has 1 aromatic heterocycles. The molecule has 0 bridgehead atoms. The summed E-state index contributed by atoms with van der Waals surface area (Å²) in [6.45, 7) is 2.68. The Labute approximate surface area is 89.9 Å². The second-order valence-corrected chi connectivity index (χ2v) is 3.19. The van der Waals surface area contributed by atoms with Crippen molar-refractivity contribution in [1.82, 2.24) is 4.98 Å². The molecular formula is C11H17N3O. The van der Waals surface area contributed by atoms with Gasteiger partial charge in [0.2, 0.25) is 5.88 Å². The van der Waals surface area contributed by atoms with E-state index in [1.165, 1.54) is 0 Å². The Morgan fingerprint density at radius 3 is 2.80 bits per heavy atom. The van der Waals surface area contributed by atoms with Gasteiger partial charge in [0, 0.05) is 6.20 Å². The van der Waals surface area contributed by atoms with E-state index < -0.39 is 0 Å². The molecule has 0 amide bonds. The van der Waals surface area contributed by atoms with Gasteiger partial charge in [0.05, 0.1) is 12.3 Å². The summed E-state index contributed by atoms with van der Waals surface area (Å²) in [7, 11) is 0. The maximum Gasteiger partial charge on any atom is 0.210 e. The van der Waals surface area contributed by atoms with Gasteiger partial charge in [-0.25, -0.2) is 0 Å². The number of ether oxygens (including phenoxy) is 1. The Balaban J connectivity index is 2.64. The van der Waals surface area contributed by atoms with E-state index in [2.05, 4.69) is 11.9 Å². The number of nitrogens with two attached hydrogens (primary N) is 2. The zero-order chi connectivity index (χ0) is 11.1. The van der Waals surface area contributed by atoms with Crippen molar-refractivity contribution in [2.45, 2.75) is 19.8 Å². The summed E-state index contributed by atoms with van der Waals surface area (Å²) < 4.78 is 5.29. The smallest absolute Gasteiger partial charge is 0.210 e. The average Bonchev–Trinajstić information content (AvgIpc) is 2.29. The van der Waals surface area contributed by atoms with Gasteiger partial charge in [0.25, 0.3) is 0 Å². The van der Waals surface area contributed by atoms with Crippen LogP contribution in [0, 0.1) is 0 Å². The van der Waals surface area contributed by atoms with Crippen LogP contribution in [0.5, 0.6) is 0 Å². The molecule has 0 atom stereocenters. The van der Waals surface area contributed by atoms with Gasteiger partial charge in [-0.3, -0.25) is 4.98 Å². The van der Waals surface area contributed by atoms with Crippen molar-refractivity contribution in [1.29, 1.82) is 0 Å². The molecule has 0 saturated carbocycles. The number of hydrogen-bond donors (Lipinski definition) is 2. The summed E-state index contributed by atoms with van der Waals surface area (Å²) in [5.74, 6) is 0.252. The Bertz CT molecular complexity index is 322. The minimum Gasteiger partial charge on any atom is -0.478 e. The minimum absolute atomic E-state index is 0.252. The molecular weight excluding hydrogens is 190 g/mol. The van der Waals surface area contributed by atoms with Crippen LogP contribution in [0.3, 0.4) is 0 Å². The van der Waals surface area contributed by atoms with Crippen molar-refractivity contribution in [2.75, 3.05) is 6.61 Å². The van der Waals surface area contributed by atoms with E-state index >= 15 is 0 Å². The largest absolute Gasteiger partial charge is 0.478 e. The van der Waals surface area contributed by atoms with Gasteiger partial charge in [0.15, 0.2) is 0 Å². The number of nitrogens with zero attached hydrogens (tertiary/aromatic N) is 1. The monoisotopic (exact) mass is 207 g/mol. The second kappa shape index (κ2) is 5.90. The Hall–Kier alpha value is -1.71. The van der Waals surface area contributed by atoms with Gasteiger partial charge >= 0.3 is 0 Å². The van der Waals surface area contributed by atoms with Crippen LogP contribution in [0.4, 0.5) is 0 Å². The lowest BCUT2D eigenvalue weighted by Crippen LogP contribution is -2.13. The van der Waals surface area contributed by atoms with E-state index in [9.17, 15) is 0 Å². The van der Waals surface area contributed by atoms with Crippen molar-refractivity contribution in [3.63, 3.8) is 0 Å². The van der Waals surface area contributed by atoms with Crippen LogP contribution in [-0.2, 0) is 4.74 Å². The second-order valence-electron chi connectivity index (χ2n) is 3.19. The molecule has 1 heterocycles. The molecule has 0 aliphatic carbocycles. The summed E-state index contributed by atoms with van der Waals surface area (Å²) in [5.41, 5.74) is 12.5. The third-order valence-corrected chi connectivity index (χ3v) is 1.96. The van der Waals surface area contributed by atoms with Crippen LogP contribution >= 0.6 is 0 Å². The molecule has 0 fully saturated rings. The van der Waals surface area contributed by atoms with Crippen LogP contribution in [0.1, 0.15) is 25.5 Å².